The van der Waals surface area contributed by atoms with Gasteiger partial charge in [-0.2, -0.15) is 0 Å². The molecule has 3 heterocycles. The molecule has 2 fully saturated rings. The van der Waals surface area contributed by atoms with Gasteiger partial charge in [0.05, 0.1) is 18.2 Å². The third-order valence-electron chi connectivity index (χ3n) is 4.76. The van der Waals surface area contributed by atoms with E-state index in [4.69, 9.17) is 4.74 Å². The highest BCUT2D eigenvalue weighted by Crippen LogP contribution is 2.40. The summed E-state index contributed by atoms with van der Waals surface area (Å²) in [6.07, 6.45) is 5.58. The summed E-state index contributed by atoms with van der Waals surface area (Å²) in [4.78, 5) is 2.39. The van der Waals surface area contributed by atoms with Crippen LogP contribution in [0.15, 0.2) is 36.9 Å². The zero-order valence-electron chi connectivity index (χ0n) is 12.4. The minimum atomic E-state index is -0.183. The predicted molar refractivity (Wildman–Crippen MR) is 78.7 cm³/mol. The number of likely N-dealkylation sites (tertiary alicyclic amines) is 1. The molecule has 116 valence electrons. The molecule has 2 aliphatic rings. The maximum absolute atomic E-state index is 13.0. The highest BCUT2D eigenvalue weighted by atomic mass is 19.1. The molecule has 0 radical (unpaired) electrons. The van der Waals surface area contributed by atoms with E-state index in [0.717, 1.165) is 44.6 Å². The van der Waals surface area contributed by atoms with Crippen molar-refractivity contribution in [3.05, 3.63) is 48.3 Å². The van der Waals surface area contributed by atoms with Gasteiger partial charge in [0.25, 0.3) is 0 Å². The molecule has 0 unspecified atom stereocenters. The Bertz CT molecular complexity index is 630. The van der Waals surface area contributed by atoms with Crippen molar-refractivity contribution in [2.45, 2.75) is 31.0 Å². The van der Waals surface area contributed by atoms with Crippen LogP contribution in [0.5, 0.6) is 0 Å². The summed E-state index contributed by atoms with van der Waals surface area (Å²) in [7, 11) is 0. The van der Waals surface area contributed by atoms with Crippen molar-refractivity contribution in [2.75, 3.05) is 19.7 Å². The fraction of sp³-hybridized carbons (Fsp3) is 0.500. The minimum Gasteiger partial charge on any atom is -0.371 e. The second-order valence-electron chi connectivity index (χ2n) is 6.35. The number of halogens is 1. The first kappa shape index (κ1) is 13.8. The number of rotatable bonds is 3. The molecular formula is C16H19FN4O. The first-order valence-electron chi connectivity index (χ1n) is 7.67. The fourth-order valence-corrected chi connectivity index (χ4v) is 3.60. The van der Waals surface area contributed by atoms with Gasteiger partial charge in [-0.15, -0.1) is 10.2 Å². The van der Waals surface area contributed by atoms with Gasteiger partial charge in [-0.3, -0.25) is 4.90 Å². The molecule has 0 aliphatic carbocycles. The molecule has 6 heteroatoms. The number of nitrogens with zero attached hydrogens (tertiary/aromatic N) is 4. The lowest BCUT2D eigenvalue weighted by molar-refractivity contribution is 0.0112. The summed E-state index contributed by atoms with van der Waals surface area (Å²) in [6, 6.07) is 7.09. The third kappa shape index (κ3) is 2.64. The van der Waals surface area contributed by atoms with Gasteiger partial charge in [0.1, 0.15) is 18.5 Å². The average Bonchev–Trinajstić information content (AvgIpc) is 3.24. The summed E-state index contributed by atoms with van der Waals surface area (Å²) in [5.41, 5.74) is 1.10. The fourth-order valence-electron chi connectivity index (χ4n) is 3.60. The lowest BCUT2D eigenvalue weighted by Crippen LogP contribution is -2.32. The largest absolute Gasteiger partial charge is 0.371 e. The van der Waals surface area contributed by atoms with E-state index in [-0.39, 0.29) is 11.4 Å². The summed E-state index contributed by atoms with van der Waals surface area (Å²) < 4.78 is 21.2. The molecule has 0 saturated carbocycles. The van der Waals surface area contributed by atoms with Gasteiger partial charge in [0.15, 0.2) is 0 Å². The molecule has 1 aromatic carbocycles. The number of aromatic nitrogens is 3. The van der Waals surface area contributed by atoms with Crippen molar-refractivity contribution in [1.82, 2.24) is 19.7 Å². The zero-order chi connectivity index (χ0) is 15.0. The second-order valence-corrected chi connectivity index (χ2v) is 6.35. The quantitative estimate of drug-likeness (QED) is 0.870. The van der Waals surface area contributed by atoms with Crippen molar-refractivity contribution in [1.29, 1.82) is 0 Å². The van der Waals surface area contributed by atoms with Crippen LogP contribution in [-0.4, -0.2) is 45.0 Å². The average molecular weight is 302 g/mol. The Morgan fingerprint density at radius 1 is 1.23 bits per heavy atom. The molecule has 2 atom stereocenters. The maximum Gasteiger partial charge on any atom is 0.123 e. The molecule has 1 spiro atoms. The Balaban J connectivity index is 1.39. The molecule has 22 heavy (non-hydrogen) atoms. The van der Waals surface area contributed by atoms with Crippen LogP contribution < -0.4 is 0 Å². The van der Waals surface area contributed by atoms with E-state index in [0.29, 0.717) is 6.04 Å². The van der Waals surface area contributed by atoms with Gasteiger partial charge in [0.2, 0.25) is 0 Å². The molecule has 5 nitrogen and oxygen atoms in total. The van der Waals surface area contributed by atoms with Gasteiger partial charge >= 0.3 is 0 Å². The number of ether oxygens (including phenoxy) is 1. The van der Waals surface area contributed by atoms with Crippen LogP contribution in [0, 0.1) is 5.82 Å². The van der Waals surface area contributed by atoms with Crippen molar-refractivity contribution in [3.8, 4) is 0 Å². The lowest BCUT2D eigenvalue weighted by Gasteiger charge is -2.23. The predicted octanol–water partition coefficient (Wildman–Crippen LogP) is 2.02. The van der Waals surface area contributed by atoms with E-state index in [2.05, 4.69) is 15.1 Å². The van der Waals surface area contributed by atoms with Crippen LogP contribution in [0.3, 0.4) is 0 Å². The first-order valence-corrected chi connectivity index (χ1v) is 7.67. The van der Waals surface area contributed by atoms with E-state index in [1.54, 1.807) is 12.7 Å². The van der Waals surface area contributed by atoms with Crippen molar-refractivity contribution in [3.63, 3.8) is 0 Å². The molecule has 2 aliphatic heterocycles. The summed E-state index contributed by atoms with van der Waals surface area (Å²) >= 11 is 0. The van der Waals surface area contributed by atoms with Gasteiger partial charge in [-0.05, 0) is 24.1 Å². The number of benzene rings is 1. The molecule has 4 rings (SSSR count). The van der Waals surface area contributed by atoms with Crippen LogP contribution in [0.4, 0.5) is 4.39 Å². The van der Waals surface area contributed by atoms with E-state index in [1.807, 2.05) is 16.7 Å². The molecule has 1 aromatic heterocycles. The monoisotopic (exact) mass is 302 g/mol. The Hall–Kier alpha value is -1.79. The van der Waals surface area contributed by atoms with Crippen LogP contribution in [0.25, 0.3) is 0 Å². The van der Waals surface area contributed by atoms with Crippen molar-refractivity contribution < 1.29 is 9.13 Å². The Labute approximate surface area is 128 Å². The topological polar surface area (TPSA) is 43.2 Å². The Kier molecular flexibility index (Phi) is 3.43. The summed E-state index contributed by atoms with van der Waals surface area (Å²) in [6.45, 7) is 3.53. The van der Waals surface area contributed by atoms with Crippen LogP contribution >= 0.6 is 0 Å². The number of hydrogen-bond acceptors (Lipinski definition) is 4. The smallest absolute Gasteiger partial charge is 0.123 e. The third-order valence-corrected chi connectivity index (χ3v) is 4.76. The maximum atomic E-state index is 13.0. The van der Waals surface area contributed by atoms with E-state index < -0.39 is 0 Å². The Morgan fingerprint density at radius 2 is 2.00 bits per heavy atom. The second kappa shape index (κ2) is 5.44. The highest BCUT2D eigenvalue weighted by molar-refractivity contribution is 5.16. The van der Waals surface area contributed by atoms with E-state index >= 15 is 0 Å². The van der Waals surface area contributed by atoms with Crippen molar-refractivity contribution >= 4 is 0 Å². The standard InChI is InChI=1S/C16H19FN4O/c17-14-3-1-13(2-4-14)8-20-6-5-16(10-20)7-15(9-22-16)21-11-18-19-12-21/h1-4,11-12,15H,5-10H2/t15-,16-/m1/s1. The summed E-state index contributed by atoms with van der Waals surface area (Å²) in [5, 5.41) is 7.75. The SMILES string of the molecule is Fc1ccc(CN2CC[C@@]3(C[C@@H](n4cnnc4)CO3)C2)cc1. The summed E-state index contributed by atoms with van der Waals surface area (Å²) in [5.74, 6) is -0.183. The normalized spacial score (nSPS) is 28.7. The lowest BCUT2D eigenvalue weighted by atomic mass is 9.97. The molecular weight excluding hydrogens is 283 g/mol. The van der Waals surface area contributed by atoms with Gasteiger partial charge in [0, 0.05) is 26.1 Å². The highest BCUT2D eigenvalue weighted by Gasteiger charge is 2.45. The van der Waals surface area contributed by atoms with Crippen LogP contribution in [0.1, 0.15) is 24.4 Å². The molecule has 0 amide bonds. The first-order chi connectivity index (χ1) is 10.7. The molecule has 2 aromatic rings. The van der Waals surface area contributed by atoms with E-state index in [1.165, 1.54) is 12.1 Å². The molecule has 0 N–H and O–H groups in total. The Morgan fingerprint density at radius 3 is 2.77 bits per heavy atom. The van der Waals surface area contributed by atoms with Crippen LogP contribution in [0.2, 0.25) is 0 Å². The van der Waals surface area contributed by atoms with Crippen molar-refractivity contribution in [2.24, 2.45) is 0 Å². The van der Waals surface area contributed by atoms with Gasteiger partial charge < -0.3 is 9.30 Å². The van der Waals surface area contributed by atoms with Crippen LogP contribution in [-0.2, 0) is 11.3 Å². The minimum absolute atomic E-state index is 0.0467. The number of hydrogen-bond donors (Lipinski definition) is 0. The van der Waals surface area contributed by atoms with Gasteiger partial charge in [-0.1, -0.05) is 12.1 Å². The molecule has 2 saturated heterocycles. The van der Waals surface area contributed by atoms with E-state index in [9.17, 15) is 4.39 Å². The van der Waals surface area contributed by atoms with Gasteiger partial charge in [-0.25, -0.2) is 4.39 Å². The molecule has 0 bridgehead atoms. The zero-order valence-corrected chi connectivity index (χ0v) is 12.4.